The Kier molecular flexibility index (Phi) is 1.68. The van der Waals surface area contributed by atoms with E-state index in [-0.39, 0.29) is 0 Å². The summed E-state index contributed by atoms with van der Waals surface area (Å²) in [6, 6.07) is 11.3. The highest BCUT2D eigenvalue weighted by Gasteiger charge is 2.68. The molecule has 0 N–H and O–H groups in total. The topological polar surface area (TPSA) is 12.5 Å². The Hall–Kier alpha value is -0.820. The first-order chi connectivity index (χ1) is 8.81. The Morgan fingerprint density at radius 3 is 2.22 bits per heavy atom. The summed E-state index contributed by atoms with van der Waals surface area (Å²) in [4.78, 5) is 0. The van der Waals surface area contributed by atoms with Gasteiger partial charge in [-0.2, -0.15) is 0 Å². The summed E-state index contributed by atoms with van der Waals surface area (Å²) in [6.07, 6.45) is 7.13. The summed E-state index contributed by atoms with van der Waals surface area (Å²) in [5, 5.41) is 0. The third-order valence-corrected chi connectivity index (χ3v) is 6.44. The molecule has 4 bridgehead atoms. The predicted molar refractivity (Wildman–Crippen MR) is 70.4 cm³/mol. The van der Waals surface area contributed by atoms with Crippen LogP contribution >= 0.6 is 0 Å². The van der Waals surface area contributed by atoms with E-state index in [1.165, 1.54) is 32.1 Å². The molecular formula is C17H20O. The molecule has 1 saturated heterocycles. The van der Waals surface area contributed by atoms with Crippen LogP contribution in [0.3, 0.4) is 0 Å². The van der Waals surface area contributed by atoms with Crippen molar-refractivity contribution in [1.29, 1.82) is 0 Å². The first-order valence-corrected chi connectivity index (χ1v) is 7.50. The maximum atomic E-state index is 5.95. The van der Waals surface area contributed by atoms with Gasteiger partial charge in [-0.25, -0.2) is 0 Å². The minimum Gasteiger partial charge on any atom is -0.369 e. The Labute approximate surface area is 109 Å². The molecule has 5 aliphatic rings. The summed E-state index contributed by atoms with van der Waals surface area (Å²) in [6.45, 7) is 1.07. The van der Waals surface area contributed by atoms with Crippen LogP contribution in [0.25, 0.3) is 0 Å². The Bertz CT molecular complexity index is 470. The SMILES string of the molecule is c1ccc(C23CC4CC(C2)C2(CO2)C(C4)C3)cc1. The number of epoxide rings is 1. The van der Waals surface area contributed by atoms with E-state index in [9.17, 15) is 0 Å². The van der Waals surface area contributed by atoms with E-state index >= 15 is 0 Å². The van der Waals surface area contributed by atoms with Gasteiger partial charge in [-0.05, 0) is 60.8 Å². The molecule has 1 spiro atoms. The fraction of sp³-hybridized carbons (Fsp3) is 0.647. The van der Waals surface area contributed by atoms with Crippen molar-refractivity contribution in [3.63, 3.8) is 0 Å². The Balaban J connectivity index is 1.60. The first-order valence-electron chi connectivity index (χ1n) is 7.50. The van der Waals surface area contributed by atoms with Crippen LogP contribution in [0, 0.1) is 17.8 Å². The molecule has 0 radical (unpaired) electrons. The lowest BCUT2D eigenvalue weighted by molar-refractivity contribution is -0.0728. The standard InChI is InChI=1S/C17H20O/c1-2-4-13(5-3-1)16-8-12-6-14(9-16)17(11-18-17)15(7-12)10-16/h1-5,12,14-15H,6-11H2. The van der Waals surface area contributed by atoms with Gasteiger partial charge in [-0.15, -0.1) is 0 Å². The molecule has 1 aromatic carbocycles. The molecule has 1 aromatic rings. The van der Waals surface area contributed by atoms with Crippen LogP contribution in [-0.2, 0) is 10.2 Å². The lowest BCUT2D eigenvalue weighted by atomic mass is 9.44. The van der Waals surface area contributed by atoms with Gasteiger partial charge < -0.3 is 4.74 Å². The third kappa shape index (κ3) is 1.08. The molecule has 4 saturated carbocycles. The minimum absolute atomic E-state index is 0.356. The van der Waals surface area contributed by atoms with Crippen LogP contribution in [0.15, 0.2) is 30.3 Å². The molecule has 1 nitrogen and oxygen atoms in total. The molecule has 1 heterocycles. The summed E-state index contributed by atoms with van der Waals surface area (Å²) >= 11 is 0. The summed E-state index contributed by atoms with van der Waals surface area (Å²) < 4.78 is 5.95. The predicted octanol–water partition coefficient (Wildman–Crippen LogP) is 3.53. The van der Waals surface area contributed by atoms with Gasteiger partial charge >= 0.3 is 0 Å². The van der Waals surface area contributed by atoms with Crippen LogP contribution in [0.1, 0.15) is 37.7 Å². The molecule has 5 fully saturated rings. The van der Waals surface area contributed by atoms with Gasteiger partial charge in [-0.3, -0.25) is 0 Å². The monoisotopic (exact) mass is 240 g/mol. The van der Waals surface area contributed by atoms with Gasteiger partial charge in [-0.1, -0.05) is 30.3 Å². The van der Waals surface area contributed by atoms with Crippen molar-refractivity contribution in [2.75, 3.05) is 6.61 Å². The first kappa shape index (κ1) is 10.0. The lowest BCUT2D eigenvalue weighted by Crippen LogP contribution is -2.57. The molecule has 0 aromatic heterocycles. The molecule has 94 valence electrons. The van der Waals surface area contributed by atoms with Crippen molar-refractivity contribution in [3.8, 4) is 0 Å². The molecule has 6 rings (SSSR count). The normalized spacial score (nSPS) is 51.9. The van der Waals surface area contributed by atoms with Crippen LogP contribution in [0.4, 0.5) is 0 Å². The molecule has 2 atom stereocenters. The van der Waals surface area contributed by atoms with E-state index < -0.39 is 0 Å². The van der Waals surface area contributed by atoms with E-state index in [0.717, 1.165) is 24.4 Å². The van der Waals surface area contributed by atoms with Crippen molar-refractivity contribution in [1.82, 2.24) is 0 Å². The molecule has 0 amide bonds. The molecule has 18 heavy (non-hydrogen) atoms. The Morgan fingerprint density at radius 1 is 0.944 bits per heavy atom. The van der Waals surface area contributed by atoms with Crippen LogP contribution < -0.4 is 0 Å². The highest BCUT2D eigenvalue weighted by Crippen LogP contribution is 2.68. The molecule has 1 aliphatic heterocycles. The zero-order valence-corrected chi connectivity index (χ0v) is 10.8. The second-order valence-corrected chi connectivity index (χ2v) is 7.23. The van der Waals surface area contributed by atoms with E-state index in [2.05, 4.69) is 30.3 Å². The largest absolute Gasteiger partial charge is 0.369 e. The number of rotatable bonds is 1. The third-order valence-electron chi connectivity index (χ3n) is 6.44. The number of hydrogen-bond acceptors (Lipinski definition) is 1. The van der Waals surface area contributed by atoms with E-state index in [1.807, 2.05) is 0 Å². The quantitative estimate of drug-likeness (QED) is 0.684. The van der Waals surface area contributed by atoms with E-state index in [1.54, 1.807) is 5.56 Å². The molecule has 4 aliphatic carbocycles. The second-order valence-electron chi connectivity index (χ2n) is 7.23. The van der Waals surface area contributed by atoms with Crippen LogP contribution in [0.5, 0.6) is 0 Å². The van der Waals surface area contributed by atoms with Gasteiger partial charge in [0.15, 0.2) is 0 Å². The van der Waals surface area contributed by atoms with Crippen LogP contribution in [0.2, 0.25) is 0 Å². The number of hydrogen-bond donors (Lipinski definition) is 0. The smallest absolute Gasteiger partial charge is 0.0973 e. The fourth-order valence-corrected chi connectivity index (χ4v) is 5.76. The van der Waals surface area contributed by atoms with Crippen LogP contribution in [-0.4, -0.2) is 12.2 Å². The van der Waals surface area contributed by atoms with Gasteiger partial charge in [0, 0.05) is 0 Å². The maximum Gasteiger partial charge on any atom is 0.0973 e. The van der Waals surface area contributed by atoms with E-state index in [0.29, 0.717) is 11.0 Å². The van der Waals surface area contributed by atoms with E-state index in [4.69, 9.17) is 4.74 Å². The van der Waals surface area contributed by atoms with Crippen molar-refractivity contribution in [3.05, 3.63) is 35.9 Å². The van der Waals surface area contributed by atoms with Gasteiger partial charge in [0.1, 0.15) is 0 Å². The fourth-order valence-electron chi connectivity index (χ4n) is 5.76. The zero-order chi connectivity index (χ0) is 11.8. The minimum atomic E-state index is 0.356. The highest BCUT2D eigenvalue weighted by atomic mass is 16.6. The maximum absolute atomic E-state index is 5.95. The lowest BCUT2D eigenvalue weighted by Gasteiger charge is -2.59. The zero-order valence-electron chi connectivity index (χ0n) is 10.8. The Morgan fingerprint density at radius 2 is 1.61 bits per heavy atom. The van der Waals surface area contributed by atoms with Gasteiger partial charge in [0.2, 0.25) is 0 Å². The van der Waals surface area contributed by atoms with Crippen molar-refractivity contribution in [2.45, 2.75) is 43.1 Å². The summed E-state index contributed by atoms with van der Waals surface area (Å²) in [7, 11) is 0. The van der Waals surface area contributed by atoms with Crippen molar-refractivity contribution >= 4 is 0 Å². The number of ether oxygens (including phenoxy) is 1. The highest BCUT2D eigenvalue weighted by molar-refractivity contribution is 5.32. The van der Waals surface area contributed by atoms with Crippen molar-refractivity contribution < 1.29 is 4.74 Å². The number of benzene rings is 1. The summed E-state index contributed by atoms with van der Waals surface area (Å²) in [5.74, 6) is 2.71. The second kappa shape index (κ2) is 3.01. The van der Waals surface area contributed by atoms with Gasteiger partial charge in [0.25, 0.3) is 0 Å². The molecular weight excluding hydrogens is 220 g/mol. The summed E-state index contributed by atoms with van der Waals surface area (Å²) in [5.41, 5.74) is 2.48. The van der Waals surface area contributed by atoms with Crippen molar-refractivity contribution in [2.24, 2.45) is 17.8 Å². The average Bonchev–Trinajstić information content (AvgIpc) is 3.18. The molecule has 1 heteroatoms. The average molecular weight is 240 g/mol. The van der Waals surface area contributed by atoms with Gasteiger partial charge in [0.05, 0.1) is 12.2 Å². The molecule has 2 unspecified atom stereocenters.